The number of carbonyl (C=O) groups excluding carboxylic acids is 1. The van der Waals surface area contributed by atoms with Crippen LogP contribution in [0.3, 0.4) is 0 Å². The zero-order valence-corrected chi connectivity index (χ0v) is 18.6. The van der Waals surface area contributed by atoms with Crippen molar-refractivity contribution in [3.05, 3.63) is 58.8 Å². The van der Waals surface area contributed by atoms with Crippen LogP contribution in [0.15, 0.2) is 36.4 Å². The first-order chi connectivity index (χ1) is 15.0. The van der Waals surface area contributed by atoms with Gasteiger partial charge >= 0.3 is 6.18 Å². The number of hydrogen-bond acceptors (Lipinski definition) is 5. The highest BCUT2D eigenvalue weighted by molar-refractivity contribution is 7.89. The Balaban J connectivity index is 1.97. The maximum Gasteiger partial charge on any atom is 0.433 e. The molecule has 2 aromatic rings. The van der Waals surface area contributed by atoms with Crippen molar-refractivity contribution in [3.8, 4) is 5.88 Å². The van der Waals surface area contributed by atoms with Crippen molar-refractivity contribution in [1.29, 1.82) is 0 Å². The number of ketones is 1. The number of aryl methyl sites for hydroxylation is 2. The third-order valence-corrected chi connectivity index (χ3v) is 5.51. The Bertz CT molecular complexity index is 1010. The van der Waals surface area contributed by atoms with E-state index in [0.717, 1.165) is 23.6 Å². The predicted octanol–water partition coefficient (Wildman–Crippen LogP) is 3.85. The molecule has 2 rings (SSSR count). The topological polar surface area (TPSA) is 99.3 Å². The van der Waals surface area contributed by atoms with E-state index in [0.29, 0.717) is 12.0 Å². The zero-order valence-electron chi connectivity index (χ0n) is 17.8. The Morgan fingerprint density at radius 3 is 2.31 bits per heavy atom. The molecule has 0 aliphatic heterocycles. The Morgan fingerprint density at radius 2 is 1.72 bits per heavy atom. The predicted molar refractivity (Wildman–Crippen MR) is 115 cm³/mol. The van der Waals surface area contributed by atoms with Crippen LogP contribution in [0, 0.1) is 0 Å². The molecule has 0 bridgehead atoms. The van der Waals surface area contributed by atoms with Crippen LogP contribution < -0.4 is 9.88 Å². The first-order valence-corrected chi connectivity index (χ1v) is 12.0. The van der Waals surface area contributed by atoms with Crippen molar-refractivity contribution >= 4 is 15.8 Å². The summed E-state index contributed by atoms with van der Waals surface area (Å²) < 4.78 is 66.4. The molecule has 1 aromatic carbocycles. The fraction of sp³-hybridized carbons (Fsp3) is 0.455. The van der Waals surface area contributed by atoms with Gasteiger partial charge in [-0.15, -0.1) is 0 Å². The second kappa shape index (κ2) is 11.4. The summed E-state index contributed by atoms with van der Waals surface area (Å²) >= 11 is 0. The Labute approximate surface area is 186 Å². The molecule has 0 unspecified atom stereocenters. The number of pyridine rings is 1. The van der Waals surface area contributed by atoms with Crippen LogP contribution >= 0.6 is 0 Å². The molecule has 0 saturated heterocycles. The lowest BCUT2D eigenvalue weighted by Crippen LogP contribution is -2.17. The van der Waals surface area contributed by atoms with Crippen molar-refractivity contribution in [3.63, 3.8) is 0 Å². The zero-order chi connectivity index (χ0) is 23.8. The van der Waals surface area contributed by atoms with Gasteiger partial charge in [0.25, 0.3) is 0 Å². The van der Waals surface area contributed by atoms with E-state index in [1.165, 1.54) is 6.07 Å². The summed E-state index contributed by atoms with van der Waals surface area (Å²) in [6, 6.07) is 9.18. The number of halogens is 3. The van der Waals surface area contributed by atoms with Gasteiger partial charge in [0.05, 0.1) is 12.4 Å². The molecule has 0 amide bonds. The van der Waals surface area contributed by atoms with Crippen LogP contribution in [0.1, 0.15) is 48.6 Å². The molecule has 32 heavy (non-hydrogen) atoms. The summed E-state index contributed by atoms with van der Waals surface area (Å²) in [5, 5.41) is 4.99. The summed E-state index contributed by atoms with van der Waals surface area (Å²) in [7, 11) is -3.54. The first-order valence-electron chi connectivity index (χ1n) is 10.3. The third kappa shape index (κ3) is 8.96. The molecule has 2 N–H and O–H groups in total. The number of nitrogens with two attached hydrogens (primary N) is 1. The number of alkyl halides is 3. The molecule has 0 atom stereocenters. The Morgan fingerprint density at radius 1 is 1.06 bits per heavy atom. The number of primary sulfonamides is 1. The monoisotopic (exact) mass is 472 g/mol. The average Bonchev–Trinajstić information content (AvgIpc) is 2.71. The number of hydrogen-bond donors (Lipinski definition) is 1. The van der Waals surface area contributed by atoms with E-state index in [-0.39, 0.29) is 49.7 Å². The number of unbranched alkanes of at least 4 members (excludes halogenated alkanes) is 1. The molecule has 1 aromatic heterocycles. The van der Waals surface area contributed by atoms with Crippen LogP contribution in [-0.4, -0.2) is 31.5 Å². The van der Waals surface area contributed by atoms with E-state index in [4.69, 9.17) is 9.88 Å². The number of rotatable bonds is 12. The van der Waals surface area contributed by atoms with Gasteiger partial charge in [-0.1, -0.05) is 43.7 Å². The summed E-state index contributed by atoms with van der Waals surface area (Å²) in [4.78, 5) is 16.0. The number of carbonyl (C=O) groups is 1. The lowest BCUT2D eigenvalue weighted by atomic mass is 10.0. The number of sulfonamides is 1. The van der Waals surface area contributed by atoms with E-state index in [1.807, 2.05) is 6.92 Å². The van der Waals surface area contributed by atoms with Gasteiger partial charge in [-0.3, -0.25) is 4.79 Å². The van der Waals surface area contributed by atoms with Crippen LogP contribution in [0.2, 0.25) is 0 Å². The fourth-order valence-corrected chi connectivity index (χ4v) is 3.45. The lowest BCUT2D eigenvalue weighted by Gasteiger charge is -2.13. The van der Waals surface area contributed by atoms with Crippen molar-refractivity contribution < 1.29 is 31.1 Å². The van der Waals surface area contributed by atoms with Crippen LogP contribution in [0.25, 0.3) is 0 Å². The Kier molecular flexibility index (Phi) is 9.21. The highest BCUT2D eigenvalue weighted by Gasteiger charge is 2.33. The highest BCUT2D eigenvalue weighted by Crippen LogP contribution is 2.30. The second-order valence-electron chi connectivity index (χ2n) is 7.51. The minimum absolute atomic E-state index is 0.0818. The SMILES string of the molecule is CCCCOc1nc(C(F)(F)F)ccc1CCC(=O)Cc1ccc(CCS(N)(=O)=O)cc1. The van der Waals surface area contributed by atoms with E-state index in [9.17, 15) is 26.4 Å². The van der Waals surface area contributed by atoms with E-state index < -0.39 is 21.9 Å². The first kappa shape index (κ1) is 25.8. The quantitative estimate of drug-likeness (QED) is 0.473. The summed E-state index contributed by atoms with van der Waals surface area (Å²) in [6.45, 7) is 2.19. The highest BCUT2D eigenvalue weighted by atomic mass is 32.2. The number of Topliss-reactive ketones (excluding diaryl/α,β-unsaturated/α-hetero) is 1. The smallest absolute Gasteiger partial charge is 0.433 e. The lowest BCUT2D eigenvalue weighted by molar-refractivity contribution is -0.141. The van der Waals surface area contributed by atoms with Gasteiger partial charge in [0, 0.05) is 18.4 Å². The van der Waals surface area contributed by atoms with Gasteiger partial charge in [0.2, 0.25) is 15.9 Å². The van der Waals surface area contributed by atoms with Crippen molar-refractivity contribution in [2.45, 2.75) is 51.6 Å². The van der Waals surface area contributed by atoms with Gasteiger partial charge < -0.3 is 4.74 Å². The average molecular weight is 473 g/mol. The molecule has 0 saturated carbocycles. The summed E-state index contributed by atoms with van der Waals surface area (Å²) in [5.41, 5.74) is 0.988. The van der Waals surface area contributed by atoms with Gasteiger partial charge in [0.1, 0.15) is 11.5 Å². The van der Waals surface area contributed by atoms with Crippen LogP contribution in [0.4, 0.5) is 13.2 Å². The summed E-state index contributed by atoms with van der Waals surface area (Å²) in [6.07, 6.45) is -2.26. The normalized spacial score (nSPS) is 12.0. The van der Waals surface area contributed by atoms with Gasteiger partial charge in [-0.2, -0.15) is 13.2 Å². The van der Waals surface area contributed by atoms with Crippen molar-refractivity contribution in [1.82, 2.24) is 4.98 Å². The standard InChI is InChI=1S/C22H27F3N2O4S/c1-2-3-13-31-21-18(9-11-20(27-21)22(23,24)25)8-10-19(28)15-17-6-4-16(5-7-17)12-14-32(26,29)30/h4-7,9,11H,2-3,8,10,12-15H2,1H3,(H2,26,29,30). The third-order valence-electron chi connectivity index (χ3n) is 4.74. The maximum absolute atomic E-state index is 13.0. The van der Waals surface area contributed by atoms with E-state index >= 15 is 0 Å². The molecule has 0 spiro atoms. The molecular weight excluding hydrogens is 445 g/mol. The second-order valence-corrected chi connectivity index (χ2v) is 9.24. The van der Waals surface area contributed by atoms with Crippen LogP contribution in [0.5, 0.6) is 5.88 Å². The molecule has 1 heterocycles. The minimum Gasteiger partial charge on any atom is -0.477 e. The summed E-state index contributed by atoms with van der Waals surface area (Å²) in [5.74, 6) is -0.322. The molecule has 0 aliphatic rings. The van der Waals surface area contributed by atoms with Crippen molar-refractivity contribution in [2.24, 2.45) is 5.14 Å². The van der Waals surface area contributed by atoms with Crippen molar-refractivity contribution in [2.75, 3.05) is 12.4 Å². The van der Waals surface area contributed by atoms with Gasteiger partial charge in [0.15, 0.2) is 0 Å². The molecular formula is C22H27F3N2O4S. The minimum atomic E-state index is -4.57. The fourth-order valence-electron chi connectivity index (χ4n) is 2.93. The maximum atomic E-state index is 13.0. The molecule has 0 fully saturated rings. The van der Waals surface area contributed by atoms with Crippen LogP contribution in [-0.2, 0) is 40.3 Å². The molecule has 0 radical (unpaired) electrons. The number of benzene rings is 1. The van der Waals surface area contributed by atoms with Gasteiger partial charge in [-0.25, -0.2) is 18.5 Å². The number of aromatic nitrogens is 1. The number of nitrogens with zero attached hydrogens (tertiary/aromatic N) is 1. The molecule has 6 nitrogen and oxygen atoms in total. The molecule has 10 heteroatoms. The number of ether oxygens (including phenoxy) is 1. The molecule has 176 valence electrons. The van der Waals surface area contributed by atoms with Gasteiger partial charge in [-0.05, 0) is 36.5 Å². The largest absolute Gasteiger partial charge is 0.477 e. The molecule has 0 aliphatic carbocycles. The Hall–Kier alpha value is -2.46. The van der Waals surface area contributed by atoms with E-state index in [2.05, 4.69) is 4.98 Å². The van der Waals surface area contributed by atoms with E-state index in [1.54, 1.807) is 24.3 Å².